The molecule has 0 heterocycles. The van der Waals surface area contributed by atoms with E-state index in [0.717, 1.165) is 17.7 Å². The molecule has 2 nitrogen and oxygen atoms in total. The molecule has 0 aromatic heterocycles. The summed E-state index contributed by atoms with van der Waals surface area (Å²) in [6.45, 7) is 0. The molecule has 0 fully saturated rings. The molecule has 1 amide bonds. The van der Waals surface area contributed by atoms with Crippen molar-refractivity contribution < 1.29 is 18.0 Å². The summed E-state index contributed by atoms with van der Waals surface area (Å²) in [5, 5.41) is 2.28. The lowest BCUT2D eigenvalue weighted by Gasteiger charge is -2.11. The summed E-state index contributed by atoms with van der Waals surface area (Å²) >= 11 is 0. The van der Waals surface area contributed by atoms with Crippen LogP contribution >= 0.6 is 0 Å². The van der Waals surface area contributed by atoms with E-state index in [1.165, 1.54) is 0 Å². The van der Waals surface area contributed by atoms with Crippen molar-refractivity contribution in [2.45, 2.75) is 0 Å². The van der Waals surface area contributed by atoms with Gasteiger partial charge in [-0.15, -0.1) is 0 Å². The summed E-state index contributed by atoms with van der Waals surface area (Å²) in [7, 11) is 0. The zero-order chi connectivity index (χ0) is 17.1. The van der Waals surface area contributed by atoms with Crippen LogP contribution in [0.15, 0.2) is 66.7 Å². The minimum Gasteiger partial charge on any atom is -0.319 e. The van der Waals surface area contributed by atoms with Crippen molar-refractivity contribution in [1.82, 2.24) is 0 Å². The minimum atomic E-state index is -1.62. The molecule has 0 bridgehead atoms. The van der Waals surface area contributed by atoms with Gasteiger partial charge in [-0.25, -0.2) is 13.2 Å². The van der Waals surface area contributed by atoms with E-state index in [2.05, 4.69) is 5.32 Å². The van der Waals surface area contributed by atoms with Gasteiger partial charge in [0.1, 0.15) is 0 Å². The van der Waals surface area contributed by atoms with Crippen molar-refractivity contribution in [1.29, 1.82) is 0 Å². The number of hydrogen-bond acceptors (Lipinski definition) is 1. The van der Waals surface area contributed by atoms with E-state index >= 15 is 0 Å². The number of nitrogens with one attached hydrogen (secondary N) is 1. The van der Waals surface area contributed by atoms with Crippen molar-refractivity contribution in [2.24, 2.45) is 0 Å². The second-order valence-corrected chi connectivity index (χ2v) is 5.09. The highest BCUT2D eigenvalue weighted by atomic mass is 19.2. The molecule has 24 heavy (non-hydrogen) atoms. The van der Waals surface area contributed by atoms with Crippen LogP contribution in [0.4, 0.5) is 18.9 Å². The predicted molar refractivity (Wildman–Crippen MR) is 86.1 cm³/mol. The number of carbonyl (C=O) groups is 1. The lowest BCUT2D eigenvalue weighted by molar-refractivity contribution is 0.102. The van der Waals surface area contributed by atoms with Crippen molar-refractivity contribution in [3.8, 4) is 11.1 Å². The maximum absolute atomic E-state index is 13.7. The Bertz CT molecular complexity index is 894. The Kier molecular flexibility index (Phi) is 4.33. The largest absolute Gasteiger partial charge is 0.319 e. The molecule has 3 aromatic carbocycles. The first-order chi connectivity index (χ1) is 11.6. The summed E-state index contributed by atoms with van der Waals surface area (Å²) in [5.41, 5.74) is 1.35. The number of benzene rings is 3. The first-order valence-electron chi connectivity index (χ1n) is 7.17. The SMILES string of the molecule is O=C(Nc1ccc(F)c(F)c1F)c1ccccc1-c1ccccc1. The van der Waals surface area contributed by atoms with Crippen LogP contribution in [0.2, 0.25) is 0 Å². The fraction of sp³-hybridized carbons (Fsp3) is 0. The Balaban J connectivity index is 1.96. The quantitative estimate of drug-likeness (QED) is 0.672. The van der Waals surface area contributed by atoms with Gasteiger partial charge in [-0.2, -0.15) is 0 Å². The Morgan fingerprint density at radius 3 is 2.17 bits per heavy atom. The van der Waals surface area contributed by atoms with Crippen LogP contribution in [0.3, 0.4) is 0 Å². The van der Waals surface area contributed by atoms with E-state index in [1.54, 1.807) is 24.3 Å². The van der Waals surface area contributed by atoms with Crippen LogP contribution < -0.4 is 5.32 Å². The number of halogens is 3. The van der Waals surface area contributed by atoms with Crippen molar-refractivity contribution >= 4 is 11.6 Å². The molecule has 120 valence electrons. The summed E-state index contributed by atoms with van der Waals surface area (Å²) < 4.78 is 40.0. The van der Waals surface area contributed by atoms with Crippen LogP contribution in [0.1, 0.15) is 10.4 Å². The van der Waals surface area contributed by atoms with E-state index in [0.29, 0.717) is 11.1 Å². The molecule has 0 saturated carbocycles. The molecule has 0 aliphatic heterocycles. The number of carbonyl (C=O) groups excluding carboxylic acids is 1. The average Bonchev–Trinajstić information content (AvgIpc) is 2.63. The van der Waals surface area contributed by atoms with Gasteiger partial charge in [-0.05, 0) is 29.3 Å². The molecule has 0 aliphatic carbocycles. The molecule has 0 radical (unpaired) electrons. The molecule has 0 unspecified atom stereocenters. The first kappa shape index (κ1) is 15.8. The maximum Gasteiger partial charge on any atom is 0.256 e. The van der Waals surface area contributed by atoms with Gasteiger partial charge in [0.2, 0.25) is 0 Å². The Morgan fingerprint density at radius 2 is 1.42 bits per heavy atom. The molecule has 0 saturated heterocycles. The lowest BCUT2D eigenvalue weighted by Crippen LogP contribution is -2.15. The van der Waals surface area contributed by atoms with Crippen molar-refractivity contribution in [3.05, 3.63) is 89.7 Å². The van der Waals surface area contributed by atoms with E-state index in [1.807, 2.05) is 30.3 Å². The van der Waals surface area contributed by atoms with Gasteiger partial charge < -0.3 is 5.32 Å². The summed E-state index contributed by atoms with van der Waals surface area (Å²) in [6.07, 6.45) is 0. The standard InChI is InChI=1S/C19H12F3NO/c20-15-10-11-16(18(22)17(15)21)23-19(24)14-9-5-4-8-13(14)12-6-2-1-3-7-12/h1-11H,(H,23,24). The highest BCUT2D eigenvalue weighted by molar-refractivity contribution is 6.08. The molecule has 5 heteroatoms. The van der Waals surface area contributed by atoms with E-state index in [9.17, 15) is 18.0 Å². The number of rotatable bonds is 3. The average molecular weight is 327 g/mol. The van der Waals surface area contributed by atoms with Crippen molar-refractivity contribution in [2.75, 3.05) is 5.32 Å². The lowest BCUT2D eigenvalue weighted by atomic mass is 9.99. The van der Waals surface area contributed by atoms with Crippen LogP contribution in [0.5, 0.6) is 0 Å². The Labute approximate surface area is 136 Å². The van der Waals surface area contributed by atoms with Gasteiger partial charge in [0, 0.05) is 5.56 Å². The van der Waals surface area contributed by atoms with Crippen LogP contribution in [-0.4, -0.2) is 5.91 Å². The number of anilines is 1. The van der Waals surface area contributed by atoms with Gasteiger partial charge in [0.05, 0.1) is 5.69 Å². The molecule has 3 rings (SSSR count). The van der Waals surface area contributed by atoms with Crippen LogP contribution in [0.25, 0.3) is 11.1 Å². The molecule has 0 atom stereocenters. The third-order valence-corrected chi connectivity index (χ3v) is 3.54. The smallest absolute Gasteiger partial charge is 0.256 e. The fourth-order valence-corrected chi connectivity index (χ4v) is 2.36. The Hall–Kier alpha value is -3.08. The monoisotopic (exact) mass is 327 g/mol. The van der Waals surface area contributed by atoms with E-state index in [-0.39, 0.29) is 0 Å². The summed E-state index contributed by atoms with van der Waals surface area (Å²) in [5.74, 6) is -4.97. The molecule has 3 aromatic rings. The van der Waals surface area contributed by atoms with E-state index < -0.39 is 29.0 Å². The minimum absolute atomic E-state index is 0.299. The molecule has 1 N–H and O–H groups in total. The highest BCUT2D eigenvalue weighted by Crippen LogP contribution is 2.25. The fourth-order valence-electron chi connectivity index (χ4n) is 2.36. The van der Waals surface area contributed by atoms with Gasteiger partial charge in [-0.1, -0.05) is 48.5 Å². The van der Waals surface area contributed by atoms with Gasteiger partial charge in [0.25, 0.3) is 5.91 Å². The van der Waals surface area contributed by atoms with E-state index in [4.69, 9.17) is 0 Å². The van der Waals surface area contributed by atoms with Crippen molar-refractivity contribution in [3.63, 3.8) is 0 Å². The normalized spacial score (nSPS) is 10.5. The summed E-state index contributed by atoms with van der Waals surface area (Å²) in [4.78, 5) is 12.5. The Morgan fingerprint density at radius 1 is 0.750 bits per heavy atom. The molecule has 0 spiro atoms. The maximum atomic E-state index is 13.7. The van der Waals surface area contributed by atoms with Gasteiger partial charge >= 0.3 is 0 Å². The molecular weight excluding hydrogens is 315 g/mol. The molecular formula is C19H12F3NO. The highest BCUT2D eigenvalue weighted by Gasteiger charge is 2.17. The van der Waals surface area contributed by atoms with Crippen LogP contribution in [-0.2, 0) is 0 Å². The zero-order valence-electron chi connectivity index (χ0n) is 12.4. The topological polar surface area (TPSA) is 29.1 Å². The molecule has 0 aliphatic rings. The summed E-state index contributed by atoms with van der Waals surface area (Å²) in [6, 6.07) is 17.7. The number of hydrogen-bond donors (Lipinski definition) is 1. The second-order valence-electron chi connectivity index (χ2n) is 5.09. The van der Waals surface area contributed by atoms with Crippen LogP contribution in [0, 0.1) is 17.5 Å². The second kappa shape index (κ2) is 6.58. The first-order valence-corrected chi connectivity index (χ1v) is 7.17. The van der Waals surface area contributed by atoms with Gasteiger partial charge in [-0.3, -0.25) is 4.79 Å². The zero-order valence-corrected chi connectivity index (χ0v) is 12.4. The third-order valence-electron chi connectivity index (χ3n) is 3.54. The number of amides is 1. The third kappa shape index (κ3) is 3.01. The van der Waals surface area contributed by atoms with Gasteiger partial charge in [0.15, 0.2) is 17.5 Å². The predicted octanol–water partition coefficient (Wildman–Crippen LogP) is 5.02.